The molecule has 6 heteroatoms. The number of rotatable bonds is 5. The first-order valence-corrected chi connectivity index (χ1v) is 5.85. The van der Waals surface area contributed by atoms with Crippen LogP contribution >= 0.6 is 0 Å². The summed E-state index contributed by atoms with van der Waals surface area (Å²) in [5.74, 6) is -1.45. The third kappa shape index (κ3) is 4.60. The molecule has 0 saturated carbocycles. The Morgan fingerprint density at radius 2 is 2.18 bits per heavy atom. The SMILES string of the molecule is CC(C)C(CNC(=O)NC1CCOC1)C(=O)O. The molecule has 1 aliphatic rings. The molecule has 0 aromatic heterocycles. The fourth-order valence-corrected chi connectivity index (χ4v) is 1.70. The molecule has 0 aromatic rings. The van der Waals surface area contributed by atoms with Crippen molar-refractivity contribution in [1.82, 2.24) is 10.6 Å². The normalized spacial score (nSPS) is 21.2. The van der Waals surface area contributed by atoms with Gasteiger partial charge in [-0.2, -0.15) is 0 Å². The molecule has 2 unspecified atom stereocenters. The standard InChI is InChI=1S/C11H20N2O4/c1-7(2)9(10(14)15)5-12-11(16)13-8-3-4-17-6-8/h7-9H,3-6H2,1-2H3,(H,14,15)(H2,12,13,16). The third-order valence-electron chi connectivity index (χ3n) is 2.87. The van der Waals surface area contributed by atoms with Gasteiger partial charge in [0.05, 0.1) is 18.6 Å². The Labute approximate surface area is 101 Å². The summed E-state index contributed by atoms with van der Waals surface area (Å²) in [5, 5.41) is 14.3. The lowest BCUT2D eigenvalue weighted by Crippen LogP contribution is -2.45. The summed E-state index contributed by atoms with van der Waals surface area (Å²) in [6.07, 6.45) is 0.806. The van der Waals surface area contributed by atoms with Crippen molar-refractivity contribution in [3.05, 3.63) is 0 Å². The van der Waals surface area contributed by atoms with Gasteiger partial charge in [0, 0.05) is 13.2 Å². The highest BCUT2D eigenvalue weighted by atomic mass is 16.5. The van der Waals surface area contributed by atoms with Crippen molar-refractivity contribution in [3.63, 3.8) is 0 Å². The second kappa shape index (κ2) is 6.44. The van der Waals surface area contributed by atoms with Crippen LogP contribution in [0.4, 0.5) is 4.79 Å². The molecule has 2 atom stereocenters. The van der Waals surface area contributed by atoms with Gasteiger partial charge in [-0.15, -0.1) is 0 Å². The van der Waals surface area contributed by atoms with Gasteiger partial charge in [-0.25, -0.2) is 4.79 Å². The lowest BCUT2D eigenvalue weighted by atomic mass is 9.96. The van der Waals surface area contributed by atoms with E-state index in [9.17, 15) is 9.59 Å². The van der Waals surface area contributed by atoms with Gasteiger partial charge in [0.1, 0.15) is 0 Å². The number of nitrogens with one attached hydrogen (secondary N) is 2. The molecule has 17 heavy (non-hydrogen) atoms. The zero-order valence-electron chi connectivity index (χ0n) is 10.2. The van der Waals surface area contributed by atoms with Crippen LogP contribution in [0.1, 0.15) is 20.3 Å². The number of amides is 2. The second-order valence-electron chi connectivity index (χ2n) is 4.60. The topological polar surface area (TPSA) is 87.7 Å². The maximum atomic E-state index is 11.5. The van der Waals surface area contributed by atoms with Crippen LogP contribution in [0.5, 0.6) is 0 Å². The van der Waals surface area contributed by atoms with Crippen molar-refractivity contribution >= 4 is 12.0 Å². The molecule has 0 aliphatic carbocycles. The molecule has 0 spiro atoms. The van der Waals surface area contributed by atoms with E-state index in [1.54, 1.807) is 0 Å². The van der Waals surface area contributed by atoms with Crippen molar-refractivity contribution in [2.24, 2.45) is 11.8 Å². The Hall–Kier alpha value is -1.30. The molecule has 1 saturated heterocycles. The monoisotopic (exact) mass is 244 g/mol. The van der Waals surface area contributed by atoms with E-state index in [0.29, 0.717) is 13.2 Å². The van der Waals surface area contributed by atoms with Gasteiger partial charge in [-0.05, 0) is 12.3 Å². The number of carboxylic acid groups (broad SMARTS) is 1. The summed E-state index contributed by atoms with van der Waals surface area (Å²) in [7, 11) is 0. The highest BCUT2D eigenvalue weighted by Crippen LogP contribution is 2.09. The predicted octanol–water partition coefficient (Wildman–Crippen LogP) is 0.431. The van der Waals surface area contributed by atoms with Gasteiger partial charge in [0.25, 0.3) is 0 Å². The van der Waals surface area contributed by atoms with Crippen LogP contribution in [0.2, 0.25) is 0 Å². The second-order valence-corrected chi connectivity index (χ2v) is 4.60. The fourth-order valence-electron chi connectivity index (χ4n) is 1.70. The largest absolute Gasteiger partial charge is 0.481 e. The van der Waals surface area contributed by atoms with Crippen LogP contribution in [-0.4, -0.2) is 42.9 Å². The maximum absolute atomic E-state index is 11.5. The molecular formula is C11H20N2O4. The first-order chi connectivity index (χ1) is 8.00. The molecule has 2 amide bonds. The summed E-state index contributed by atoms with van der Waals surface area (Å²) in [6, 6.07) is -0.287. The Balaban J connectivity index is 2.28. The minimum absolute atomic E-state index is 0.0115. The Bertz CT molecular complexity index is 275. The molecule has 0 aromatic carbocycles. The average Bonchev–Trinajstić information content (AvgIpc) is 2.69. The van der Waals surface area contributed by atoms with Crippen molar-refractivity contribution in [2.45, 2.75) is 26.3 Å². The molecule has 1 heterocycles. The third-order valence-corrected chi connectivity index (χ3v) is 2.87. The maximum Gasteiger partial charge on any atom is 0.315 e. The van der Waals surface area contributed by atoms with Gasteiger partial charge in [0.15, 0.2) is 0 Å². The van der Waals surface area contributed by atoms with E-state index in [0.717, 1.165) is 6.42 Å². The molecule has 1 rings (SSSR count). The molecule has 0 radical (unpaired) electrons. The summed E-state index contributed by atoms with van der Waals surface area (Å²) in [5.41, 5.74) is 0. The average molecular weight is 244 g/mol. The lowest BCUT2D eigenvalue weighted by molar-refractivity contribution is -0.142. The van der Waals surface area contributed by atoms with E-state index < -0.39 is 11.9 Å². The first-order valence-electron chi connectivity index (χ1n) is 5.85. The van der Waals surface area contributed by atoms with Crippen molar-refractivity contribution in [3.8, 4) is 0 Å². The number of carbonyl (C=O) groups excluding carboxylic acids is 1. The summed E-state index contributed by atoms with van der Waals surface area (Å²) >= 11 is 0. The van der Waals surface area contributed by atoms with E-state index in [1.165, 1.54) is 0 Å². The van der Waals surface area contributed by atoms with Crippen LogP contribution in [0.3, 0.4) is 0 Å². The summed E-state index contributed by atoms with van der Waals surface area (Å²) < 4.78 is 5.12. The number of carbonyl (C=O) groups is 2. The Morgan fingerprint density at radius 1 is 1.47 bits per heavy atom. The molecule has 6 nitrogen and oxygen atoms in total. The zero-order valence-corrected chi connectivity index (χ0v) is 10.2. The molecular weight excluding hydrogens is 224 g/mol. The van der Waals surface area contributed by atoms with Crippen molar-refractivity contribution in [2.75, 3.05) is 19.8 Å². The minimum Gasteiger partial charge on any atom is -0.481 e. The minimum atomic E-state index is -0.885. The van der Waals surface area contributed by atoms with Crippen LogP contribution in [0.25, 0.3) is 0 Å². The van der Waals surface area contributed by atoms with Gasteiger partial charge in [0.2, 0.25) is 0 Å². The van der Waals surface area contributed by atoms with E-state index in [4.69, 9.17) is 9.84 Å². The summed E-state index contributed by atoms with van der Waals surface area (Å²) in [4.78, 5) is 22.4. The first kappa shape index (κ1) is 13.8. The molecule has 98 valence electrons. The van der Waals surface area contributed by atoms with Crippen molar-refractivity contribution < 1.29 is 19.4 Å². The Morgan fingerprint density at radius 3 is 2.65 bits per heavy atom. The molecule has 3 N–H and O–H groups in total. The van der Waals surface area contributed by atoms with Crippen molar-refractivity contribution in [1.29, 1.82) is 0 Å². The number of urea groups is 1. The number of ether oxygens (including phenoxy) is 1. The molecule has 0 bridgehead atoms. The zero-order chi connectivity index (χ0) is 12.8. The van der Waals surface area contributed by atoms with E-state index in [2.05, 4.69) is 10.6 Å². The fraction of sp³-hybridized carbons (Fsp3) is 0.818. The number of carboxylic acids is 1. The van der Waals surface area contributed by atoms with Gasteiger partial charge < -0.3 is 20.5 Å². The summed E-state index contributed by atoms with van der Waals surface area (Å²) in [6.45, 7) is 4.98. The van der Waals surface area contributed by atoms with Crippen LogP contribution in [0.15, 0.2) is 0 Å². The molecule has 1 fully saturated rings. The number of hydrogen-bond donors (Lipinski definition) is 3. The van der Waals surface area contributed by atoms with Gasteiger partial charge in [-0.1, -0.05) is 13.8 Å². The van der Waals surface area contributed by atoms with Gasteiger partial charge in [-0.3, -0.25) is 4.79 Å². The smallest absolute Gasteiger partial charge is 0.315 e. The Kier molecular flexibility index (Phi) is 5.21. The van der Waals surface area contributed by atoms with E-state index >= 15 is 0 Å². The van der Waals surface area contributed by atoms with E-state index in [-0.39, 0.29) is 24.5 Å². The molecule has 1 aliphatic heterocycles. The number of aliphatic carboxylic acids is 1. The highest BCUT2D eigenvalue weighted by molar-refractivity contribution is 5.76. The predicted molar refractivity (Wildman–Crippen MR) is 61.7 cm³/mol. The van der Waals surface area contributed by atoms with Crippen LogP contribution in [-0.2, 0) is 9.53 Å². The quantitative estimate of drug-likeness (QED) is 0.654. The lowest BCUT2D eigenvalue weighted by Gasteiger charge is -2.18. The number of hydrogen-bond acceptors (Lipinski definition) is 3. The van der Waals surface area contributed by atoms with E-state index in [1.807, 2.05) is 13.8 Å². The van der Waals surface area contributed by atoms with Crippen LogP contribution < -0.4 is 10.6 Å². The van der Waals surface area contributed by atoms with Crippen LogP contribution in [0, 0.1) is 11.8 Å². The van der Waals surface area contributed by atoms with Gasteiger partial charge >= 0.3 is 12.0 Å². The highest BCUT2D eigenvalue weighted by Gasteiger charge is 2.23.